The van der Waals surface area contributed by atoms with Gasteiger partial charge in [-0.3, -0.25) is 4.79 Å². The molecule has 0 bridgehead atoms. The lowest BCUT2D eigenvalue weighted by Crippen LogP contribution is -2.44. The van der Waals surface area contributed by atoms with Gasteiger partial charge in [-0.1, -0.05) is 43.7 Å². The zero-order valence-corrected chi connectivity index (χ0v) is 17.4. The summed E-state index contributed by atoms with van der Waals surface area (Å²) in [6.07, 6.45) is 5.31. The second-order valence-corrected chi connectivity index (χ2v) is 7.61. The molecule has 1 saturated heterocycles. The molecule has 1 amide bonds. The number of fused-ring (bicyclic) bond motifs is 1. The topological polar surface area (TPSA) is 71.7 Å². The number of nitrogens with two attached hydrogens (primary N) is 1. The van der Waals surface area contributed by atoms with Gasteiger partial charge in [-0.2, -0.15) is 0 Å². The maximum atomic E-state index is 11.2. The van der Waals surface area contributed by atoms with E-state index >= 15 is 0 Å². The maximum Gasteiger partial charge on any atom is 0.250 e. The number of nitrogens with zero attached hydrogens (tertiary/aromatic N) is 3. The van der Waals surface area contributed by atoms with Crippen LogP contribution in [0.3, 0.4) is 0 Å². The molecule has 2 aromatic carbocycles. The Morgan fingerprint density at radius 1 is 1.07 bits per heavy atom. The molecule has 3 aromatic rings. The highest BCUT2D eigenvalue weighted by atomic mass is 16.5. The summed E-state index contributed by atoms with van der Waals surface area (Å²) in [6, 6.07) is 15.7. The van der Waals surface area contributed by atoms with Gasteiger partial charge in [0.05, 0.1) is 5.56 Å². The van der Waals surface area contributed by atoms with Gasteiger partial charge < -0.3 is 10.5 Å². The number of hydrogen-bond acceptors (Lipinski definition) is 5. The number of rotatable bonds is 7. The standard InChI is InChI=1S/C24H28N4O2/c1-2-27(28-14-6-3-7-15-28)17-19-10-12-22(21-9-5-4-8-20(19)21)30-23-13-11-18(16-26-23)24(25)29/h4-5,8-13,16H,2-3,6-7,14-15,17H2,1H3,(H2,25,29). The Balaban J connectivity index is 1.60. The highest BCUT2D eigenvalue weighted by Gasteiger charge is 2.18. The van der Waals surface area contributed by atoms with Crippen molar-refractivity contribution in [3.63, 3.8) is 0 Å². The fraction of sp³-hybridized carbons (Fsp3) is 0.333. The van der Waals surface area contributed by atoms with Crippen molar-refractivity contribution in [3.8, 4) is 11.6 Å². The van der Waals surface area contributed by atoms with Crippen molar-refractivity contribution in [1.82, 2.24) is 15.0 Å². The van der Waals surface area contributed by atoms with E-state index in [1.807, 2.05) is 12.1 Å². The third-order valence-corrected chi connectivity index (χ3v) is 5.66. The molecule has 2 N–H and O–H groups in total. The van der Waals surface area contributed by atoms with Gasteiger partial charge >= 0.3 is 0 Å². The van der Waals surface area contributed by atoms with Crippen molar-refractivity contribution in [3.05, 3.63) is 65.9 Å². The van der Waals surface area contributed by atoms with Gasteiger partial charge in [-0.05, 0) is 35.9 Å². The number of piperidine rings is 1. The van der Waals surface area contributed by atoms with Crippen LogP contribution in [0, 0.1) is 0 Å². The van der Waals surface area contributed by atoms with E-state index in [1.165, 1.54) is 36.4 Å². The molecular formula is C24H28N4O2. The van der Waals surface area contributed by atoms with Crippen molar-refractivity contribution in [2.45, 2.75) is 32.7 Å². The van der Waals surface area contributed by atoms with Crippen molar-refractivity contribution >= 4 is 16.7 Å². The minimum atomic E-state index is -0.502. The predicted molar refractivity (Wildman–Crippen MR) is 118 cm³/mol. The molecule has 1 aliphatic rings. The largest absolute Gasteiger partial charge is 0.438 e. The highest BCUT2D eigenvalue weighted by molar-refractivity contribution is 5.92. The first-order valence-corrected chi connectivity index (χ1v) is 10.6. The monoisotopic (exact) mass is 404 g/mol. The zero-order valence-electron chi connectivity index (χ0n) is 17.4. The van der Waals surface area contributed by atoms with Crippen molar-refractivity contribution in [2.24, 2.45) is 5.73 Å². The molecule has 0 aliphatic carbocycles. The van der Waals surface area contributed by atoms with E-state index in [1.54, 1.807) is 12.1 Å². The number of carbonyl (C=O) groups excluding carboxylic acids is 1. The molecule has 2 heterocycles. The fourth-order valence-corrected chi connectivity index (χ4v) is 4.03. The van der Waals surface area contributed by atoms with Gasteiger partial charge in [0, 0.05) is 43.8 Å². The Labute approximate surface area is 177 Å². The number of primary amides is 1. The molecule has 1 fully saturated rings. The van der Waals surface area contributed by atoms with Gasteiger partial charge in [0.2, 0.25) is 11.8 Å². The quantitative estimate of drug-likeness (QED) is 0.634. The Morgan fingerprint density at radius 3 is 2.50 bits per heavy atom. The van der Waals surface area contributed by atoms with E-state index < -0.39 is 5.91 Å². The molecule has 1 aliphatic heterocycles. The van der Waals surface area contributed by atoms with Crippen LogP contribution in [0.2, 0.25) is 0 Å². The first-order chi connectivity index (χ1) is 14.7. The van der Waals surface area contributed by atoms with Crippen LogP contribution in [-0.2, 0) is 6.54 Å². The van der Waals surface area contributed by atoms with E-state index in [9.17, 15) is 4.79 Å². The van der Waals surface area contributed by atoms with Crippen molar-refractivity contribution in [1.29, 1.82) is 0 Å². The van der Waals surface area contributed by atoms with Crippen LogP contribution < -0.4 is 10.5 Å². The predicted octanol–water partition coefficient (Wildman–Crippen LogP) is 4.35. The summed E-state index contributed by atoms with van der Waals surface area (Å²) in [6.45, 7) is 6.36. The van der Waals surface area contributed by atoms with E-state index in [0.29, 0.717) is 11.4 Å². The third-order valence-electron chi connectivity index (χ3n) is 5.66. The van der Waals surface area contributed by atoms with E-state index in [2.05, 4.69) is 46.2 Å². The van der Waals surface area contributed by atoms with Crippen molar-refractivity contribution in [2.75, 3.05) is 19.6 Å². The number of pyridine rings is 1. The maximum absolute atomic E-state index is 11.2. The Kier molecular flexibility index (Phi) is 6.26. The second-order valence-electron chi connectivity index (χ2n) is 7.61. The fourth-order valence-electron chi connectivity index (χ4n) is 4.03. The number of aromatic nitrogens is 1. The van der Waals surface area contributed by atoms with Gasteiger partial charge in [-0.25, -0.2) is 15.0 Å². The summed E-state index contributed by atoms with van der Waals surface area (Å²) in [7, 11) is 0. The average molecular weight is 405 g/mol. The number of ether oxygens (including phenoxy) is 1. The van der Waals surface area contributed by atoms with Gasteiger partial charge in [0.1, 0.15) is 5.75 Å². The number of benzene rings is 2. The van der Waals surface area contributed by atoms with Crippen molar-refractivity contribution < 1.29 is 9.53 Å². The second kappa shape index (κ2) is 9.24. The molecule has 6 heteroatoms. The molecule has 0 saturated carbocycles. The van der Waals surface area contributed by atoms with Crippen LogP contribution in [0.5, 0.6) is 11.6 Å². The SMILES string of the molecule is CCN(Cc1ccc(Oc2ccc(C(N)=O)cn2)c2ccccc12)N1CCCCC1. The van der Waals surface area contributed by atoms with Crippen LogP contribution in [0.4, 0.5) is 0 Å². The van der Waals surface area contributed by atoms with Crippen LogP contribution >= 0.6 is 0 Å². The molecular weight excluding hydrogens is 376 g/mol. The normalized spacial score (nSPS) is 14.9. The van der Waals surface area contributed by atoms with E-state index in [-0.39, 0.29) is 0 Å². The number of hydrazine groups is 1. The van der Waals surface area contributed by atoms with Gasteiger partial charge in [0.15, 0.2) is 0 Å². The minimum Gasteiger partial charge on any atom is -0.438 e. The summed E-state index contributed by atoms with van der Waals surface area (Å²) in [4.78, 5) is 15.5. The molecule has 0 atom stereocenters. The summed E-state index contributed by atoms with van der Waals surface area (Å²) < 4.78 is 6.04. The average Bonchev–Trinajstić information content (AvgIpc) is 2.79. The molecule has 30 heavy (non-hydrogen) atoms. The molecule has 1 aromatic heterocycles. The van der Waals surface area contributed by atoms with Crippen LogP contribution in [-0.4, -0.2) is 40.5 Å². The lowest BCUT2D eigenvalue weighted by molar-refractivity contribution is -0.0423. The lowest BCUT2D eigenvalue weighted by atomic mass is 10.0. The Hall–Kier alpha value is -2.96. The van der Waals surface area contributed by atoms with Crippen LogP contribution in [0.1, 0.15) is 42.1 Å². The molecule has 4 rings (SSSR count). The molecule has 0 unspecified atom stereocenters. The molecule has 6 nitrogen and oxygen atoms in total. The van der Waals surface area contributed by atoms with E-state index in [4.69, 9.17) is 10.5 Å². The first kappa shape index (κ1) is 20.3. The summed E-state index contributed by atoms with van der Waals surface area (Å²) in [5.41, 5.74) is 6.93. The van der Waals surface area contributed by atoms with Gasteiger partial charge in [0.25, 0.3) is 0 Å². The smallest absolute Gasteiger partial charge is 0.250 e. The summed E-state index contributed by atoms with van der Waals surface area (Å²) in [5, 5.41) is 7.17. The highest BCUT2D eigenvalue weighted by Crippen LogP contribution is 2.32. The first-order valence-electron chi connectivity index (χ1n) is 10.6. The minimum absolute atomic E-state index is 0.361. The zero-order chi connectivity index (χ0) is 20.9. The number of hydrogen-bond donors (Lipinski definition) is 1. The Morgan fingerprint density at radius 2 is 1.83 bits per heavy atom. The number of carbonyl (C=O) groups is 1. The lowest BCUT2D eigenvalue weighted by Gasteiger charge is -2.37. The van der Waals surface area contributed by atoms with Crippen LogP contribution in [0.25, 0.3) is 10.8 Å². The summed E-state index contributed by atoms with van der Waals surface area (Å²) in [5.74, 6) is 0.675. The molecule has 0 spiro atoms. The molecule has 156 valence electrons. The third kappa shape index (κ3) is 4.45. The van der Waals surface area contributed by atoms with Gasteiger partial charge in [-0.15, -0.1) is 0 Å². The van der Waals surface area contributed by atoms with E-state index in [0.717, 1.165) is 37.3 Å². The number of amides is 1. The molecule has 0 radical (unpaired) electrons. The summed E-state index contributed by atoms with van der Waals surface area (Å²) >= 11 is 0. The Bertz CT molecular complexity index is 1010. The van der Waals surface area contributed by atoms with Crippen LogP contribution in [0.15, 0.2) is 54.7 Å².